The van der Waals surface area contributed by atoms with E-state index < -0.39 is 0 Å². The maximum Gasteiger partial charge on any atom is 0.0348 e. The molecule has 0 spiro atoms. The van der Waals surface area contributed by atoms with Crippen LogP contribution in [-0.2, 0) is 0 Å². The van der Waals surface area contributed by atoms with Gasteiger partial charge in [-0.3, -0.25) is 4.90 Å². The quantitative estimate of drug-likeness (QED) is 0.551. The first kappa shape index (κ1) is 16.2. The lowest BCUT2D eigenvalue weighted by molar-refractivity contribution is 0.216. The first-order chi connectivity index (χ1) is 8.49. The lowest BCUT2D eigenvalue weighted by Gasteiger charge is -2.27. The number of alkyl halides is 1. The van der Waals surface area contributed by atoms with Crippen molar-refractivity contribution in [3.63, 3.8) is 0 Å². The van der Waals surface area contributed by atoms with Crippen molar-refractivity contribution in [3.8, 4) is 0 Å². The summed E-state index contributed by atoms with van der Waals surface area (Å²) in [5.74, 6) is 1.48. The number of nitrogens with zero attached hydrogens (tertiary/aromatic N) is 1. The average molecular weight is 276 g/mol. The van der Waals surface area contributed by atoms with E-state index in [0.29, 0.717) is 17.3 Å². The third-order valence-corrected chi connectivity index (χ3v) is 4.24. The third-order valence-electron chi connectivity index (χ3n) is 4.05. The summed E-state index contributed by atoms with van der Waals surface area (Å²) < 4.78 is 0. The second-order valence-corrected chi connectivity index (χ2v) is 6.86. The van der Waals surface area contributed by atoms with Crippen molar-refractivity contribution in [3.05, 3.63) is 0 Å². The molecule has 1 rings (SSSR count). The Kier molecular flexibility index (Phi) is 6.93. The van der Waals surface area contributed by atoms with E-state index in [9.17, 15) is 0 Å². The van der Waals surface area contributed by atoms with Gasteiger partial charge < -0.3 is 11.1 Å². The highest BCUT2D eigenvalue weighted by Gasteiger charge is 2.37. The molecule has 2 unspecified atom stereocenters. The molecular formula is C14H30ClN3. The monoisotopic (exact) mass is 275 g/mol. The van der Waals surface area contributed by atoms with Crippen molar-refractivity contribution in [1.82, 2.24) is 10.2 Å². The van der Waals surface area contributed by atoms with Gasteiger partial charge in [0, 0.05) is 31.6 Å². The molecule has 4 heteroatoms. The van der Waals surface area contributed by atoms with Crippen LogP contribution in [0.2, 0.25) is 0 Å². The van der Waals surface area contributed by atoms with Crippen LogP contribution in [0.1, 0.15) is 33.6 Å². The second kappa shape index (κ2) is 7.68. The SMILES string of the molecule is CC(C)(C)C1CC(CNCCCl)N(CCCN)C1. The van der Waals surface area contributed by atoms with Gasteiger partial charge in [-0.05, 0) is 37.3 Å². The van der Waals surface area contributed by atoms with Gasteiger partial charge in [0.15, 0.2) is 0 Å². The number of nitrogens with one attached hydrogen (secondary N) is 1. The van der Waals surface area contributed by atoms with E-state index in [1.54, 1.807) is 0 Å². The Labute approximate surface area is 117 Å². The Morgan fingerprint density at radius 2 is 2.11 bits per heavy atom. The average Bonchev–Trinajstić information content (AvgIpc) is 2.70. The Bertz CT molecular complexity index is 228. The van der Waals surface area contributed by atoms with Crippen molar-refractivity contribution >= 4 is 11.6 Å². The van der Waals surface area contributed by atoms with Crippen LogP contribution < -0.4 is 11.1 Å². The summed E-state index contributed by atoms with van der Waals surface area (Å²) in [7, 11) is 0. The Morgan fingerprint density at radius 1 is 1.39 bits per heavy atom. The highest BCUT2D eigenvalue weighted by atomic mass is 35.5. The molecule has 18 heavy (non-hydrogen) atoms. The van der Waals surface area contributed by atoms with Gasteiger partial charge in [0.1, 0.15) is 0 Å². The van der Waals surface area contributed by atoms with Crippen LogP contribution in [-0.4, -0.2) is 49.5 Å². The molecule has 0 bridgehead atoms. The van der Waals surface area contributed by atoms with Gasteiger partial charge >= 0.3 is 0 Å². The molecule has 1 fully saturated rings. The van der Waals surface area contributed by atoms with Gasteiger partial charge in [0.2, 0.25) is 0 Å². The molecule has 0 aromatic rings. The predicted molar refractivity (Wildman–Crippen MR) is 80.2 cm³/mol. The number of halogens is 1. The lowest BCUT2D eigenvalue weighted by Crippen LogP contribution is -2.39. The van der Waals surface area contributed by atoms with Crippen LogP contribution in [0.25, 0.3) is 0 Å². The standard InChI is InChI=1S/C14H30ClN3/c1-14(2,3)12-9-13(10-17-7-5-15)18(11-12)8-4-6-16/h12-13,17H,4-11,16H2,1-3H3. The third kappa shape index (κ3) is 5.04. The Balaban J connectivity index is 2.49. The maximum atomic E-state index is 5.72. The molecule has 0 saturated carbocycles. The van der Waals surface area contributed by atoms with Crippen LogP contribution in [0.4, 0.5) is 0 Å². The Hall–Kier alpha value is 0.170. The van der Waals surface area contributed by atoms with Crippen molar-refractivity contribution in [1.29, 1.82) is 0 Å². The second-order valence-electron chi connectivity index (χ2n) is 6.48. The summed E-state index contributed by atoms with van der Waals surface area (Å²) in [5, 5.41) is 3.45. The van der Waals surface area contributed by atoms with Crippen molar-refractivity contribution in [2.75, 3.05) is 38.6 Å². The minimum atomic E-state index is 0.405. The van der Waals surface area contributed by atoms with Crippen LogP contribution in [0, 0.1) is 11.3 Å². The zero-order chi connectivity index (χ0) is 13.6. The molecule has 0 aromatic carbocycles. The van der Waals surface area contributed by atoms with Gasteiger partial charge in [0.25, 0.3) is 0 Å². The van der Waals surface area contributed by atoms with Crippen molar-refractivity contribution in [2.24, 2.45) is 17.1 Å². The first-order valence-electron chi connectivity index (χ1n) is 7.19. The molecule has 1 saturated heterocycles. The number of nitrogens with two attached hydrogens (primary N) is 1. The van der Waals surface area contributed by atoms with Crippen molar-refractivity contribution < 1.29 is 0 Å². The summed E-state index contributed by atoms with van der Waals surface area (Å²) >= 11 is 5.72. The van der Waals surface area contributed by atoms with Crippen LogP contribution in [0.15, 0.2) is 0 Å². The van der Waals surface area contributed by atoms with Crippen LogP contribution in [0.3, 0.4) is 0 Å². The summed E-state index contributed by atoms with van der Waals surface area (Å²) in [6, 6.07) is 0.656. The van der Waals surface area contributed by atoms with E-state index >= 15 is 0 Å². The minimum Gasteiger partial charge on any atom is -0.330 e. The largest absolute Gasteiger partial charge is 0.330 e. The van der Waals surface area contributed by atoms with E-state index in [4.69, 9.17) is 17.3 Å². The molecule has 0 radical (unpaired) electrons. The van der Waals surface area contributed by atoms with Crippen LogP contribution in [0.5, 0.6) is 0 Å². The molecule has 1 heterocycles. The predicted octanol–water partition coefficient (Wildman–Crippen LogP) is 1.90. The number of likely N-dealkylation sites (tertiary alicyclic amines) is 1. The molecule has 0 aromatic heterocycles. The molecule has 0 amide bonds. The van der Waals surface area contributed by atoms with Crippen molar-refractivity contribution in [2.45, 2.75) is 39.7 Å². The number of rotatable bonds is 7. The fourth-order valence-electron chi connectivity index (χ4n) is 2.73. The van der Waals surface area contributed by atoms with E-state index in [-0.39, 0.29) is 0 Å². The fraction of sp³-hybridized carbons (Fsp3) is 1.00. The summed E-state index contributed by atoms with van der Waals surface area (Å²) in [5.41, 5.74) is 6.04. The zero-order valence-electron chi connectivity index (χ0n) is 12.2. The first-order valence-corrected chi connectivity index (χ1v) is 7.73. The topological polar surface area (TPSA) is 41.3 Å². The van der Waals surface area contributed by atoms with E-state index in [0.717, 1.165) is 38.5 Å². The van der Waals surface area contributed by atoms with Gasteiger partial charge in [-0.15, -0.1) is 11.6 Å². The number of hydrogen-bond acceptors (Lipinski definition) is 3. The normalized spacial score (nSPS) is 25.8. The molecule has 1 aliphatic heterocycles. The molecule has 3 nitrogen and oxygen atoms in total. The molecule has 1 aliphatic rings. The number of hydrogen-bond donors (Lipinski definition) is 2. The fourth-order valence-corrected chi connectivity index (χ4v) is 2.86. The maximum absolute atomic E-state index is 5.72. The van der Waals surface area contributed by atoms with Gasteiger partial charge in [-0.2, -0.15) is 0 Å². The van der Waals surface area contributed by atoms with Gasteiger partial charge in [0.05, 0.1) is 0 Å². The zero-order valence-corrected chi connectivity index (χ0v) is 13.0. The van der Waals surface area contributed by atoms with E-state index in [1.807, 2.05) is 0 Å². The van der Waals surface area contributed by atoms with Crippen LogP contribution >= 0.6 is 11.6 Å². The highest BCUT2D eigenvalue weighted by Crippen LogP contribution is 2.36. The molecular weight excluding hydrogens is 246 g/mol. The molecule has 2 atom stereocenters. The van der Waals surface area contributed by atoms with Gasteiger partial charge in [-0.1, -0.05) is 20.8 Å². The molecule has 108 valence electrons. The highest BCUT2D eigenvalue weighted by molar-refractivity contribution is 6.18. The molecule has 0 aliphatic carbocycles. The summed E-state index contributed by atoms with van der Waals surface area (Å²) in [6.07, 6.45) is 2.40. The lowest BCUT2D eigenvalue weighted by atomic mass is 9.79. The summed E-state index contributed by atoms with van der Waals surface area (Å²) in [6.45, 7) is 12.2. The van der Waals surface area contributed by atoms with Gasteiger partial charge in [-0.25, -0.2) is 0 Å². The molecule has 3 N–H and O–H groups in total. The summed E-state index contributed by atoms with van der Waals surface area (Å²) in [4.78, 5) is 2.62. The Morgan fingerprint density at radius 3 is 2.67 bits per heavy atom. The smallest absolute Gasteiger partial charge is 0.0348 e. The minimum absolute atomic E-state index is 0.405. The van der Waals surface area contributed by atoms with E-state index in [1.165, 1.54) is 13.0 Å². The van der Waals surface area contributed by atoms with E-state index in [2.05, 4.69) is 31.0 Å².